The van der Waals surface area contributed by atoms with Crippen LogP contribution in [0.3, 0.4) is 0 Å². The number of likely N-dealkylation sites (tertiary alicyclic amines) is 1. The quantitative estimate of drug-likeness (QED) is 0.775. The molecule has 1 fully saturated rings. The van der Waals surface area contributed by atoms with Crippen LogP contribution in [-0.4, -0.2) is 72.7 Å². The van der Waals surface area contributed by atoms with Crippen LogP contribution in [0.15, 0.2) is 35.5 Å². The van der Waals surface area contributed by atoms with Crippen molar-refractivity contribution in [3.05, 3.63) is 36.2 Å². The van der Waals surface area contributed by atoms with Gasteiger partial charge in [-0.05, 0) is 30.2 Å². The lowest BCUT2D eigenvalue weighted by Crippen LogP contribution is -2.48. The Morgan fingerprint density at radius 3 is 2.77 bits per heavy atom. The fourth-order valence-electron chi connectivity index (χ4n) is 3.73. The first-order valence-electron chi connectivity index (χ1n) is 9.43. The number of anilines is 2. The van der Waals surface area contributed by atoms with E-state index >= 15 is 0 Å². The Morgan fingerprint density at radius 1 is 1.27 bits per heavy atom. The molecular formula is C19H21FN4O5S. The number of piperidine rings is 1. The largest absolute Gasteiger partial charge is 0.471 e. The first kappa shape index (κ1) is 20.3. The van der Waals surface area contributed by atoms with Gasteiger partial charge in [0.05, 0.1) is 11.4 Å². The van der Waals surface area contributed by atoms with Crippen LogP contribution >= 0.6 is 0 Å². The van der Waals surface area contributed by atoms with Crippen molar-refractivity contribution >= 4 is 27.4 Å². The van der Waals surface area contributed by atoms with Crippen LogP contribution in [-0.2, 0) is 16.3 Å². The van der Waals surface area contributed by atoms with E-state index in [4.69, 9.17) is 9.84 Å². The average Bonchev–Trinajstić information content (AvgIpc) is 3.12. The number of rotatable bonds is 4. The molecule has 3 heterocycles. The summed E-state index contributed by atoms with van der Waals surface area (Å²) in [5, 5.41) is 8.99. The van der Waals surface area contributed by atoms with Crippen molar-refractivity contribution in [1.82, 2.24) is 14.9 Å². The number of halogens is 1. The minimum atomic E-state index is -3.28. The number of aromatic nitrogens is 2. The number of alkyl halides is 1. The molecule has 0 unspecified atom stereocenters. The summed E-state index contributed by atoms with van der Waals surface area (Å²) in [6.07, 6.45) is 0.0166. The molecule has 4 rings (SSSR count). The number of amides is 1. The van der Waals surface area contributed by atoms with E-state index in [1.807, 2.05) is 4.90 Å². The Labute approximate surface area is 173 Å². The molecule has 1 amide bonds. The zero-order chi connectivity index (χ0) is 21.5. The van der Waals surface area contributed by atoms with Crippen LogP contribution < -0.4 is 9.64 Å². The van der Waals surface area contributed by atoms with Crippen molar-refractivity contribution in [2.75, 3.05) is 30.8 Å². The second-order valence-corrected chi connectivity index (χ2v) is 9.38. The van der Waals surface area contributed by atoms with Gasteiger partial charge in [0.15, 0.2) is 16.0 Å². The van der Waals surface area contributed by atoms with Crippen LogP contribution in [0.1, 0.15) is 12.0 Å². The molecule has 1 saturated heterocycles. The number of hydrogen-bond donors (Lipinski definition) is 1. The Balaban J connectivity index is 1.51. The average molecular weight is 436 g/mol. The predicted octanol–water partition coefficient (Wildman–Crippen LogP) is 2.04. The molecule has 2 aliphatic heterocycles. The van der Waals surface area contributed by atoms with E-state index in [1.165, 1.54) is 12.6 Å². The number of benzene rings is 1. The SMILES string of the molecule is CS(=O)(=O)c1ccc2c(c1)CCN2c1cc(O[C@@H]2CCN(C(=O)O)C[C@@H]2F)ncn1. The van der Waals surface area contributed by atoms with Crippen molar-refractivity contribution in [2.24, 2.45) is 0 Å². The number of sulfone groups is 1. The topological polar surface area (TPSA) is 113 Å². The third-order valence-electron chi connectivity index (χ3n) is 5.30. The van der Waals surface area contributed by atoms with Crippen LogP contribution in [0.5, 0.6) is 5.88 Å². The van der Waals surface area contributed by atoms with E-state index in [0.29, 0.717) is 18.8 Å². The Bertz CT molecular complexity index is 1080. The first-order chi connectivity index (χ1) is 14.2. The van der Waals surface area contributed by atoms with Crippen molar-refractivity contribution in [3.8, 4) is 5.88 Å². The number of carbonyl (C=O) groups is 1. The fourth-order valence-corrected chi connectivity index (χ4v) is 4.41. The maximum Gasteiger partial charge on any atom is 0.407 e. The van der Waals surface area contributed by atoms with Gasteiger partial charge in [-0.15, -0.1) is 0 Å². The number of fused-ring (bicyclic) bond motifs is 1. The lowest BCUT2D eigenvalue weighted by Gasteiger charge is -2.32. The highest BCUT2D eigenvalue weighted by Crippen LogP contribution is 2.35. The molecule has 1 N–H and O–H groups in total. The Morgan fingerprint density at radius 2 is 2.07 bits per heavy atom. The zero-order valence-corrected chi connectivity index (χ0v) is 17.0. The van der Waals surface area contributed by atoms with Gasteiger partial charge < -0.3 is 19.6 Å². The maximum atomic E-state index is 14.3. The summed E-state index contributed by atoms with van der Waals surface area (Å²) in [5.74, 6) is 0.766. The highest BCUT2D eigenvalue weighted by Gasteiger charge is 2.33. The molecule has 160 valence electrons. The Kier molecular flexibility index (Phi) is 5.22. The molecule has 0 saturated carbocycles. The summed E-state index contributed by atoms with van der Waals surface area (Å²) in [4.78, 5) is 22.6. The van der Waals surface area contributed by atoms with E-state index in [1.54, 1.807) is 24.3 Å². The van der Waals surface area contributed by atoms with Crippen molar-refractivity contribution in [3.63, 3.8) is 0 Å². The van der Waals surface area contributed by atoms with Crippen molar-refractivity contribution in [2.45, 2.75) is 30.0 Å². The molecule has 1 aromatic carbocycles. The van der Waals surface area contributed by atoms with Gasteiger partial charge in [0, 0.05) is 37.5 Å². The summed E-state index contributed by atoms with van der Waals surface area (Å²) < 4.78 is 43.6. The van der Waals surface area contributed by atoms with Crippen LogP contribution in [0.2, 0.25) is 0 Å². The second kappa shape index (κ2) is 7.71. The molecule has 0 aliphatic carbocycles. The third kappa shape index (κ3) is 4.02. The van der Waals surface area contributed by atoms with E-state index in [0.717, 1.165) is 16.2 Å². The minimum absolute atomic E-state index is 0.195. The van der Waals surface area contributed by atoms with Gasteiger partial charge in [-0.1, -0.05) is 0 Å². The van der Waals surface area contributed by atoms with Gasteiger partial charge in [0.2, 0.25) is 5.88 Å². The van der Waals surface area contributed by atoms with E-state index in [-0.39, 0.29) is 30.3 Å². The normalized spacial score (nSPS) is 21.4. The minimum Gasteiger partial charge on any atom is -0.471 e. The van der Waals surface area contributed by atoms with Crippen molar-refractivity contribution < 1.29 is 27.4 Å². The molecule has 30 heavy (non-hydrogen) atoms. The third-order valence-corrected chi connectivity index (χ3v) is 6.41. The van der Waals surface area contributed by atoms with Crippen LogP contribution in [0.25, 0.3) is 0 Å². The zero-order valence-electron chi connectivity index (χ0n) is 16.2. The van der Waals surface area contributed by atoms with Gasteiger partial charge >= 0.3 is 6.09 Å². The first-order valence-corrected chi connectivity index (χ1v) is 11.3. The smallest absolute Gasteiger partial charge is 0.407 e. The summed E-state index contributed by atoms with van der Waals surface area (Å²) in [5.41, 5.74) is 1.76. The predicted molar refractivity (Wildman–Crippen MR) is 106 cm³/mol. The molecule has 2 aliphatic rings. The Hall–Kier alpha value is -2.95. The highest BCUT2D eigenvalue weighted by molar-refractivity contribution is 7.90. The molecule has 0 spiro atoms. The molecule has 0 radical (unpaired) electrons. The number of hydrogen-bond acceptors (Lipinski definition) is 7. The monoisotopic (exact) mass is 436 g/mol. The van der Waals surface area contributed by atoms with Gasteiger partial charge in [-0.25, -0.2) is 27.6 Å². The van der Waals surface area contributed by atoms with Gasteiger partial charge in [-0.2, -0.15) is 0 Å². The molecule has 0 bridgehead atoms. The second-order valence-electron chi connectivity index (χ2n) is 7.37. The lowest BCUT2D eigenvalue weighted by atomic mass is 10.1. The highest BCUT2D eigenvalue weighted by atomic mass is 32.2. The number of nitrogens with zero attached hydrogens (tertiary/aromatic N) is 4. The molecule has 1 aromatic heterocycles. The maximum absolute atomic E-state index is 14.3. The van der Waals surface area contributed by atoms with Crippen LogP contribution in [0.4, 0.5) is 20.7 Å². The molecule has 11 heteroatoms. The summed E-state index contributed by atoms with van der Waals surface area (Å²) in [7, 11) is -3.28. The van der Waals surface area contributed by atoms with E-state index < -0.39 is 28.2 Å². The van der Waals surface area contributed by atoms with Crippen molar-refractivity contribution in [1.29, 1.82) is 0 Å². The van der Waals surface area contributed by atoms with Gasteiger partial charge in [-0.3, -0.25) is 0 Å². The van der Waals surface area contributed by atoms with Gasteiger partial charge in [0.25, 0.3) is 0 Å². The molecular weight excluding hydrogens is 415 g/mol. The summed E-state index contributed by atoms with van der Waals surface area (Å²) in [6, 6.07) is 6.60. The fraction of sp³-hybridized carbons (Fsp3) is 0.421. The van der Waals surface area contributed by atoms with Crippen LogP contribution in [0, 0.1) is 0 Å². The lowest BCUT2D eigenvalue weighted by molar-refractivity contribution is 0.0226. The summed E-state index contributed by atoms with van der Waals surface area (Å²) >= 11 is 0. The van der Waals surface area contributed by atoms with Gasteiger partial charge in [0.1, 0.15) is 18.2 Å². The van der Waals surface area contributed by atoms with E-state index in [2.05, 4.69) is 9.97 Å². The molecule has 9 nitrogen and oxygen atoms in total. The number of ether oxygens (including phenoxy) is 1. The standard InChI is InChI=1S/C19H21FN4O5S/c1-30(27,28)13-2-3-15-12(8-13)4-7-24(15)17-9-18(22-11-21-17)29-16-5-6-23(19(25)26)10-14(16)20/h2-3,8-9,11,14,16H,4-7,10H2,1H3,(H,25,26)/t14-,16+/m0/s1. The summed E-state index contributed by atoms with van der Waals surface area (Å²) in [6.45, 7) is 0.572. The number of carboxylic acid groups (broad SMARTS) is 1. The molecule has 2 aromatic rings. The molecule has 2 atom stereocenters. The van der Waals surface area contributed by atoms with E-state index in [9.17, 15) is 17.6 Å².